The van der Waals surface area contributed by atoms with Gasteiger partial charge in [-0.3, -0.25) is 0 Å². The molecule has 0 amide bonds. The number of hydrogen-bond acceptors (Lipinski definition) is 5. The Morgan fingerprint density at radius 1 is 1.42 bits per heavy atom. The molecule has 0 bridgehead atoms. The largest absolute Gasteiger partial charge is 0.476 e. The minimum atomic E-state index is -3.66. The summed E-state index contributed by atoms with van der Waals surface area (Å²) < 4.78 is 29.9. The summed E-state index contributed by atoms with van der Waals surface area (Å²) in [6, 6.07) is 0. The van der Waals surface area contributed by atoms with E-state index in [1.807, 2.05) is 27.7 Å². The van der Waals surface area contributed by atoms with Crippen molar-refractivity contribution in [3.05, 3.63) is 11.5 Å². The summed E-state index contributed by atoms with van der Waals surface area (Å²) in [4.78, 5) is 0. The van der Waals surface area contributed by atoms with Gasteiger partial charge in [-0.05, 0) is 25.3 Å². The van der Waals surface area contributed by atoms with E-state index >= 15 is 0 Å². The van der Waals surface area contributed by atoms with Gasteiger partial charge in [0.2, 0.25) is 10.0 Å². The van der Waals surface area contributed by atoms with Crippen LogP contribution in [0.4, 0.5) is 0 Å². The zero-order chi connectivity index (χ0) is 14.6. The molecule has 1 aliphatic rings. The maximum atomic E-state index is 12.0. The molecular weight excluding hydrogens is 267 g/mol. The quantitative estimate of drug-likeness (QED) is 0.728. The zero-order valence-corrected chi connectivity index (χ0v) is 12.6. The Labute approximate surface area is 115 Å². The van der Waals surface area contributed by atoms with E-state index < -0.39 is 17.1 Å². The first-order chi connectivity index (χ1) is 8.74. The fourth-order valence-corrected chi connectivity index (χ4v) is 2.61. The van der Waals surface area contributed by atoms with Crippen molar-refractivity contribution in [2.75, 3.05) is 12.4 Å². The van der Waals surface area contributed by atoms with Crippen LogP contribution in [0.5, 0.6) is 0 Å². The Morgan fingerprint density at radius 3 is 2.53 bits per heavy atom. The molecule has 0 unspecified atom stereocenters. The second-order valence-corrected chi connectivity index (χ2v) is 6.93. The Bertz CT molecular complexity index is 459. The molecular formula is C11H21BN2O4S. The third-order valence-electron chi connectivity index (χ3n) is 2.63. The van der Waals surface area contributed by atoms with Gasteiger partial charge in [-0.15, -0.1) is 0 Å². The lowest BCUT2D eigenvalue weighted by atomic mass is 9.79. The van der Waals surface area contributed by atoms with Crippen LogP contribution in [-0.2, 0) is 14.8 Å². The average molecular weight is 288 g/mol. The van der Waals surface area contributed by atoms with Gasteiger partial charge in [-0.1, -0.05) is 19.8 Å². The first kappa shape index (κ1) is 16.2. The van der Waals surface area contributed by atoms with Crippen LogP contribution < -0.4 is 0 Å². The summed E-state index contributed by atoms with van der Waals surface area (Å²) in [5.41, 5.74) is 0.817. The summed E-state index contributed by atoms with van der Waals surface area (Å²) in [6.07, 6.45) is 1.44. The van der Waals surface area contributed by atoms with E-state index in [0.29, 0.717) is 0 Å². The summed E-state index contributed by atoms with van der Waals surface area (Å²) in [5, 5.41) is 13.7. The molecule has 0 aliphatic carbocycles. The van der Waals surface area contributed by atoms with Gasteiger partial charge in [0.1, 0.15) is 0 Å². The predicted octanol–water partition coefficient (Wildman–Crippen LogP) is 0.645. The van der Waals surface area contributed by atoms with Gasteiger partial charge in [-0.2, -0.15) is 5.10 Å². The molecule has 108 valence electrons. The molecule has 0 saturated heterocycles. The fraction of sp³-hybridized carbons (Fsp3) is 0.727. The van der Waals surface area contributed by atoms with Crippen molar-refractivity contribution in [3.8, 4) is 0 Å². The molecule has 0 radical (unpaired) electrons. The summed E-state index contributed by atoms with van der Waals surface area (Å²) in [5.74, 6) is 1.48. The Kier molecular flexibility index (Phi) is 5.57. The van der Waals surface area contributed by atoms with Crippen LogP contribution in [0.3, 0.4) is 0 Å². The van der Waals surface area contributed by atoms with Crippen LogP contribution in [0.15, 0.2) is 16.6 Å². The molecule has 0 aromatic carbocycles. The lowest BCUT2D eigenvalue weighted by molar-refractivity contribution is 0.0909. The smallest absolute Gasteiger partial charge is 0.427 e. The number of rotatable bonds is 6. The van der Waals surface area contributed by atoms with E-state index in [2.05, 4.69) is 5.10 Å². The first-order valence-electron chi connectivity index (χ1n) is 6.31. The normalized spacial score (nSPS) is 16.5. The highest BCUT2D eigenvalue weighted by Crippen LogP contribution is 2.16. The number of hydrogen-bond donors (Lipinski definition) is 1. The zero-order valence-electron chi connectivity index (χ0n) is 11.8. The summed E-state index contributed by atoms with van der Waals surface area (Å²) >= 11 is 0. The van der Waals surface area contributed by atoms with Crippen LogP contribution >= 0.6 is 0 Å². The summed E-state index contributed by atoms with van der Waals surface area (Å²) in [7, 11) is -4.91. The third-order valence-corrected chi connectivity index (χ3v) is 4.20. The highest BCUT2D eigenvalue weighted by molar-refractivity contribution is 7.90. The van der Waals surface area contributed by atoms with Crippen molar-refractivity contribution in [1.29, 1.82) is 0 Å². The lowest BCUT2D eigenvalue weighted by Crippen LogP contribution is -2.43. The number of hydrazone groups is 1. The first-order valence-corrected chi connectivity index (χ1v) is 7.92. The monoisotopic (exact) mass is 288 g/mol. The number of allylic oxidation sites excluding steroid dienone is 1. The van der Waals surface area contributed by atoms with Crippen molar-refractivity contribution in [1.82, 2.24) is 4.33 Å². The van der Waals surface area contributed by atoms with Gasteiger partial charge in [0.15, 0.2) is 0 Å². The minimum absolute atomic E-state index is 0.0302. The Morgan fingerprint density at radius 2 is 2.05 bits per heavy atom. The average Bonchev–Trinajstić information content (AvgIpc) is 2.27. The second-order valence-electron chi connectivity index (χ2n) is 4.99. The molecule has 0 atom stereocenters. The van der Waals surface area contributed by atoms with Gasteiger partial charge in [-0.25, -0.2) is 12.7 Å². The Hall–Kier alpha value is -0.855. The van der Waals surface area contributed by atoms with E-state index in [9.17, 15) is 13.4 Å². The molecule has 8 heteroatoms. The van der Waals surface area contributed by atoms with Crippen LogP contribution in [0.25, 0.3) is 0 Å². The van der Waals surface area contributed by atoms with Crippen molar-refractivity contribution in [2.24, 2.45) is 11.0 Å². The van der Waals surface area contributed by atoms with E-state index in [0.717, 1.165) is 9.90 Å². The fourth-order valence-electron chi connectivity index (χ4n) is 1.53. The van der Waals surface area contributed by atoms with Gasteiger partial charge in [0.05, 0.1) is 18.5 Å². The number of ether oxygens (including phenoxy) is 1. The molecule has 6 nitrogen and oxygen atoms in total. The predicted molar refractivity (Wildman–Crippen MR) is 76.1 cm³/mol. The molecule has 19 heavy (non-hydrogen) atoms. The van der Waals surface area contributed by atoms with E-state index in [1.165, 1.54) is 12.2 Å². The molecule has 0 spiro atoms. The topological polar surface area (TPSA) is 79.2 Å². The van der Waals surface area contributed by atoms with Gasteiger partial charge in [0, 0.05) is 6.21 Å². The van der Waals surface area contributed by atoms with E-state index in [4.69, 9.17) is 4.74 Å². The highest BCUT2D eigenvalue weighted by atomic mass is 32.2. The van der Waals surface area contributed by atoms with Crippen molar-refractivity contribution >= 4 is 23.3 Å². The molecule has 0 aromatic heterocycles. The standard InChI is InChI=1S/C11H21BN2O4S/c1-9(2)11-7-12(15)14(13-8-11)19(16,17)6-5-18-10(3)4/h7-10,15H,5-6H2,1-4H3. The van der Waals surface area contributed by atoms with E-state index in [1.54, 1.807) is 0 Å². The molecule has 1 heterocycles. The van der Waals surface area contributed by atoms with Gasteiger partial charge in [0.25, 0.3) is 0 Å². The van der Waals surface area contributed by atoms with Crippen molar-refractivity contribution in [3.63, 3.8) is 0 Å². The molecule has 1 aliphatic heterocycles. The van der Waals surface area contributed by atoms with E-state index in [-0.39, 0.29) is 24.4 Å². The van der Waals surface area contributed by atoms with Gasteiger partial charge < -0.3 is 9.76 Å². The highest BCUT2D eigenvalue weighted by Gasteiger charge is 2.32. The van der Waals surface area contributed by atoms with Crippen molar-refractivity contribution in [2.45, 2.75) is 33.8 Å². The number of sulfonamides is 1. The van der Waals surface area contributed by atoms with Crippen LogP contribution in [-0.4, -0.2) is 49.5 Å². The van der Waals surface area contributed by atoms with Crippen LogP contribution in [0, 0.1) is 5.92 Å². The molecule has 0 fully saturated rings. The SMILES string of the molecule is CC(C)OCCS(=O)(=O)N1N=CC(C(C)C)=CB1O. The molecule has 0 aromatic rings. The lowest BCUT2D eigenvalue weighted by Gasteiger charge is -2.24. The molecule has 1 rings (SSSR count). The van der Waals surface area contributed by atoms with Gasteiger partial charge >= 0.3 is 7.05 Å². The molecule has 1 N–H and O–H groups in total. The minimum Gasteiger partial charge on any atom is -0.427 e. The van der Waals surface area contributed by atoms with Crippen molar-refractivity contribution < 1.29 is 18.2 Å². The third kappa shape index (κ3) is 4.63. The maximum absolute atomic E-state index is 12.0. The van der Waals surface area contributed by atoms with Crippen LogP contribution in [0.1, 0.15) is 27.7 Å². The summed E-state index contributed by atoms with van der Waals surface area (Å²) in [6.45, 7) is 7.65. The van der Waals surface area contributed by atoms with Crippen LogP contribution in [0.2, 0.25) is 0 Å². The molecule has 0 saturated carbocycles. The second kappa shape index (κ2) is 6.54. The number of nitrogens with zero attached hydrogens (tertiary/aromatic N) is 2. The Balaban J connectivity index is 2.69. The maximum Gasteiger partial charge on any atom is 0.476 e.